The lowest BCUT2D eigenvalue weighted by Gasteiger charge is -2.23. The van der Waals surface area contributed by atoms with Gasteiger partial charge in [0.15, 0.2) is 0 Å². The van der Waals surface area contributed by atoms with Gasteiger partial charge in [0, 0.05) is 6.92 Å². The molecule has 0 saturated carbocycles. The molecule has 0 radical (unpaired) electrons. The Kier molecular flexibility index (Phi) is 6.89. The smallest absolute Gasteiger partial charge is 0.243 e. The Bertz CT molecular complexity index is 497. The van der Waals surface area contributed by atoms with Crippen molar-refractivity contribution in [1.82, 2.24) is 10.6 Å². The average molecular weight is 306 g/mol. The lowest BCUT2D eigenvalue weighted by molar-refractivity contribution is -0.129. The number of carbonyl (C=O) groups is 2. The molecule has 0 heterocycles. The number of amides is 2. The summed E-state index contributed by atoms with van der Waals surface area (Å²) in [5, 5.41) is 5.63. The summed E-state index contributed by atoms with van der Waals surface area (Å²) in [6, 6.07) is 6.96. The van der Waals surface area contributed by atoms with Crippen LogP contribution in [0.5, 0.6) is 5.75 Å². The predicted octanol–water partition coefficient (Wildman–Crippen LogP) is 2.42. The maximum atomic E-state index is 12.3. The molecular formula is C17H26N2O3. The van der Waals surface area contributed by atoms with E-state index in [1.807, 2.05) is 52.0 Å². The Balaban J connectivity index is 2.70. The van der Waals surface area contributed by atoms with Crippen LogP contribution in [0.15, 0.2) is 24.3 Å². The molecule has 1 aromatic carbocycles. The maximum absolute atomic E-state index is 12.3. The largest absolute Gasteiger partial charge is 0.494 e. The SMILES string of the molecule is CCOc1ccc([C@@H](C)NC(=O)[C@H](NC(C)=O)C(C)C)cc1. The highest BCUT2D eigenvalue weighted by molar-refractivity contribution is 5.87. The first-order chi connectivity index (χ1) is 10.3. The molecule has 0 bridgehead atoms. The molecule has 0 aliphatic carbocycles. The van der Waals surface area contributed by atoms with E-state index in [4.69, 9.17) is 4.74 Å². The van der Waals surface area contributed by atoms with Gasteiger partial charge in [0.1, 0.15) is 11.8 Å². The lowest BCUT2D eigenvalue weighted by Crippen LogP contribution is -2.49. The molecule has 0 aromatic heterocycles. The van der Waals surface area contributed by atoms with Gasteiger partial charge in [0.2, 0.25) is 11.8 Å². The number of hydrogen-bond donors (Lipinski definition) is 2. The van der Waals surface area contributed by atoms with Gasteiger partial charge in [0.05, 0.1) is 12.6 Å². The number of ether oxygens (including phenoxy) is 1. The summed E-state index contributed by atoms with van der Waals surface area (Å²) in [6.07, 6.45) is 0. The summed E-state index contributed by atoms with van der Waals surface area (Å²) in [7, 11) is 0. The highest BCUT2D eigenvalue weighted by Gasteiger charge is 2.24. The van der Waals surface area contributed by atoms with Crippen molar-refractivity contribution in [1.29, 1.82) is 0 Å². The molecule has 1 aromatic rings. The second-order valence-electron chi connectivity index (χ2n) is 5.65. The van der Waals surface area contributed by atoms with Crippen LogP contribution >= 0.6 is 0 Å². The van der Waals surface area contributed by atoms with Crippen LogP contribution in [0.2, 0.25) is 0 Å². The van der Waals surface area contributed by atoms with Crippen LogP contribution in [0.1, 0.15) is 46.2 Å². The molecule has 1 rings (SSSR count). The Morgan fingerprint density at radius 2 is 1.68 bits per heavy atom. The first-order valence-corrected chi connectivity index (χ1v) is 7.65. The Morgan fingerprint density at radius 1 is 1.09 bits per heavy atom. The van der Waals surface area contributed by atoms with Gasteiger partial charge in [-0.1, -0.05) is 26.0 Å². The van der Waals surface area contributed by atoms with Gasteiger partial charge in [-0.15, -0.1) is 0 Å². The van der Waals surface area contributed by atoms with Gasteiger partial charge < -0.3 is 15.4 Å². The van der Waals surface area contributed by atoms with E-state index in [9.17, 15) is 9.59 Å². The minimum absolute atomic E-state index is 0.0245. The highest BCUT2D eigenvalue weighted by Crippen LogP contribution is 2.18. The van der Waals surface area contributed by atoms with Crippen molar-refractivity contribution in [2.45, 2.75) is 46.7 Å². The molecule has 5 nitrogen and oxygen atoms in total. The maximum Gasteiger partial charge on any atom is 0.243 e. The van der Waals surface area contributed by atoms with E-state index in [2.05, 4.69) is 10.6 Å². The summed E-state index contributed by atoms with van der Waals surface area (Å²) >= 11 is 0. The van der Waals surface area contributed by atoms with Crippen molar-refractivity contribution in [3.8, 4) is 5.75 Å². The third-order valence-electron chi connectivity index (χ3n) is 3.36. The molecule has 0 saturated heterocycles. The fraction of sp³-hybridized carbons (Fsp3) is 0.529. The molecule has 0 spiro atoms. The molecule has 0 fully saturated rings. The van der Waals surface area contributed by atoms with Crippen molar-refractivity contribution in [3.63, 3.8) is 0 Å². The number of benzene rings is 1. The van der Waals surface area contributed by atoms with Crippen LogP contribution in [-0.2, 0) is 9.59 Å². The second kappa shape index (κ2) is 8.41. The highest BCUT2D eigenvalue weighted by atomic mass is 16.5. The van der Waals surface area contributed by atoms with Gasteiger partial charge >= 0.3 is 0 Å². The van der Waals surface area contributed by atoms with Gasteiger partial charge in [-0.05, 0) is 37.5 Å². The molecular weight excluding hydrogens is 280 g/mol. The summed E-state index contributed by atoms with van der Waals surface area (Å²) in [4.78, 5) is 23.5. The first kappa shape index (κ1) is 18.0. The summed E-state index contributed by atoms with van der Waals surface area (Å²) in [6.45, 7) is 9.70. The second-order valence-corrected chi connectivity index (χ2v) is 5.65. The molecule has 5 heteroatoms. The van der Waals surface area contributed by atoms with E-state index >= 15 is 0 Å². The number of nitrogens with one attached hydrogen (secondary N) is 2. The van der Waals surface area contributed by atoms with E-state index < -0.39 is 6.04 Å². The van der Waals surface area contributed by atoms with Crippen molar-refractivity contribution >= 4 is 11.8 Å². The van der Waals surface area contributed by atoms with Crippen molar-refractivity contribution in [2.24, 2.45) is 5.92 Å². The zero-order valence-corrected chi connectivity index (χ0v) is 14.0. The zero-order chi connectivity index (χ0) is 16.7. The van der Waals surface area contributed by atoms with Crippen molar-refractivity contribution < 1.29 is 14.3 Å². The van der Waals surface area contributed by atoms with E-state index in [1.54, 1.807) is 0 Å². The summed E-state index contributed by atoms with van der Waals surface area (Å²) in [5.74, 6) is 0.452. The van der Waals surface area contributed by atoms with Crippen molar-refractivity contribution in [2.75, 3.05) is 6.61 Å². The van der Waals surface area contributed by atoms with E-state index in [0.717, 1.165) is 11.3 Å². The zero-order valence-electron chi connectivity index (χ0n) is 14.0. The Morgan fingerprint density at radius 3 is 2.14 bits per heavy atom. The fourth-order valence-corrected chi connectivity index (χ4v) is 2.16. The average Bonchev–Trinajstić information content (AvgIpc) is 2.45. The van der Waals surface area contributed by atoms with E-state index in [0.29, 0.717) is 6.61 Å². The molecule has 0 aliphatic heterocycles. The summed E-state index contributed by atoms with van der Waals surface area (Å²) in [5.41, 5.74) is 0.988. The minimum atomic E-state index is -0.525. The Hall–Kier alpha value is -2.04. The van der Waals surface area contributed by atoms with Gasteiger partial charge in [-0.2, -0.15) is 0 Å². The quantitative estimate of drug-likeness (QED) is 0.813. The molecule has 2 N–H and O–H groups in total. The van der Waals surface area contributed by atoms with Gasteiger partial charge in [-0.3, -0.25) is 9.59 Å². The van der Waals surface area contributed by atoms with Crippen LogP contribution in [0.4, 0.5) is 0 Å². The summed E-state index contributed by atoms with van der Waals surface area (Å²) < 4.78 is 5.40. The molecule has 2 amide bonds. The number of hydrogen-bond acceptors (Lipinski definition) is 3. The van der Waals surface area contributed by atoms with Gasteiger partial charge in [0.25, 0.3) is 0 Å². The minimum Gasteiger partial charge on any atom is -0.494 e. The van der Waals surface area contributed by atoms with E-state index in [1.165, 1.54) is 6.92 Å². The predicted molar refractivity (Wildman–Crippen MR) is 86.6 cm³/mol. The molecule has 0 aliphatic rings. The molecule has 122 valence electrons. The van der Waals surface area contributed by atoms with Crippen LogP contribution < -0.4 is 15.4 Å². The Labute approximate surface area is 132 Å². The van der Waals surface area contributed by atoms with Crippen LogP contribution in [0.3, 0.4) is 0 Å². The van der Waals surface area contributed by atoms with Crippen LogP contribution in [0, 0.1) is 5.92 Å². The van der Waals surface area contributed by atoms with Crippen molar-refractivity contribution in [3.05, 3.63) is 29.8 Å². The molecule has 2 atom stereocenters. The van der Waals surface area contributed by atoms with Crippen LogP contribution in [-0.4, -0.2) is 24.5 Å². The number of carbonyl (C=O) groups excluding carboxylic acids is 2. The lowest BCUT2D eigenvalue weighted by atomic mass is 10.0. The molecule has 22 heavy (non-hydrogen) atoms. The van der Waals surface area contributed by atoms with Crippen LogP contribution in [0.25, 0.3) is 0 Å². The fourth-order valence-electron chi connectivity index (χ4n) is 2.16. The monoisotopic (exact) mass is 306 g/mol. The third-order valence-corrected chi connectivity index (χ3v) is 3.36. The molecule has 0 unspecified atom stereocenters. The topological polar surface area (TPSA) is 67.4 Å². The first-order valence-electron chi connectivity index (χ1n) is 7.65. The standard InChI is InChI=1S/C17H26N2O3/c1-6-22-15-9-7-14(8-10-15)12(4)18-17(21)16(11(2)3)19-13(5)20/h7-12,16H,6H2,1-5H3,(H,18,21)(H,19,20)/t12-,16-/m1/s1. The number of rotatable bonds is 7. The van der Waals surface area contributed by atoms with Gasteiger partial charge in [-0.25, -0.2) is 0 Å². The normalized spacial score (nSPS) is 13.4. The van der Waals surface area contributed by atoms with E-state index in [-0.39, 0.29) is 23.8 Å². The third kappa shape index (κ3) is 5.39.